The maximum absolute atomic E-state index is 9.83. The minimum atomic E-state index is -0.0498. The predicted molar refractivity (Wildman–Crippen MR) is 93.4 cm³/mol. The van der Waals surface area contributed by atoms with Crippen LogP contribution in [0.3, 0.4) is 0 Å². The first-order valence-corrected chi connectivity index (χ1v) is 8.61. The lowest BCUT2D eigenvalue weighted by Crippen LogP contribution is -2.11. The van der Waals surface area contributed by atoms with Gasteiger partial charge in [-0.2, -0.15) is 0 Å². The van der Waals surface area contributed by atoms with Crippen LogP contribution in [0.2, 0.25) is 0 Å². The maximum Gasteiger partial charge on any atom is 0.0571 e. The Labute approximate surface area is 131 Å². The lowest BCUT2D eigenvalue weighted by Gasteiger charge is -2.12. The molecular weight excluding hydrogens is 256 g/mol. The molecule has 0 spiro atoms. The van der Waals surface area contributed by atoms with E-state index in [4.69, 9.17) is 0 Å². The Morgan fingerprint density at radius 1 is 0.905 bits per heavy atom. The third-order valence-electron chi connectivity index (χ3n) is 4.51. The molecule has 0 aromatic rings. The van der Waals surface area contributed by atoms with Gasteiger partial charge in [0.15, 0.2) is 0 Å². The molecule has 2 unspecified atom stereocenters. The largest absolute Gasteiger partial charge is 0.393 e. The second-order valence-corrected chi connectivity index (χ2v) is 6.95. The van der Waals surface area contributed by atoms with Crippen LogP contribution in [-0.4, -0.2) is 11.2 Å². The Morgan fingerprint density at radius 2 is 1.52 bits per heavy atom. The van der Waals surface area contributed by atoms with Crippen molar-refractivity contribution in [3.63, 3.8) is 0 Å². The second-order valence-electron chi connectivity index (χ2n) is 6.95. The summed E-state index contributed by atoms with van der Waals surface area (Å²) in [4.78, 5) is 0. The van der Waals surface area contributed by atoms with E-state index >= 15 is 0 Å². The first-order chi connectivity index (χ1) is 9.99. The van der Waals surface area contributed by atoms with Gasteiger partial charge in [0.05, 0.1) is 6.10 Å². The fourth-order valence-electron chi connectivity index (χ4n) is 2.98. The summed E-state index contributed by atoms with van der Waals surface area (Å²) >= 11 is 0. The Bertz CT molecular complexity index is 383. The highest BCUT2D eigenvalue weighted by atomic mass is 16.3. The Hall–Kier alpha value is -0.820. The van der Waals surface area contributed by atoms with Crippen molar-refractivity contribution in [3.05, 3.63) is 34.9 Å². The van der Waals surface area contributed by atoms with Gasteiger partial charge in [0, 0.05) is 0 Å². The van der Waals surface area contributed by atoms with Crippen LogP contribution in [0.5, 0.6) is 0 Å². The maximum atomic E-state index is 9.83. The molecule has 0 amide bonds. The minimum absolute atomic E-state index is 0.0498. The molecule has 0 bridgehead atoms. The van der Waals surface area contributed by atoms with Gasteiger partial charge in [0.2, 0.25) is 0 Å². The topological polar surface area (TPSA) is 20.2 Å². The van der Waals surface area contributed by atoms with Gasteiger partial charge in [-0.15, -0.1) is 0 Å². The van der Waals surface area contributed by atoms with Gasteiger partial charge < -0.3 is 5.11 Å². The van der Waals surface area contributed by atoms with Crippen molar-refractivity contribution in [2.75, 3.05) is 0 Å². The summed E-state index contributed by atoms with van der Waals surface area (Å²) in [6.07, 6.45) is 16.1. The fourth-order valence-corrected chi connectivity index (χ4v) is 2.98. The summed E-state index contributed by atoms with van der Waals surface area (Å²) in [7, 11) is 0. The van der Waals surface area contributed by atoms with Crippen LogP contribution < -0.4 is 0 Å². The van der Waals surface area contributed by atoms with Crippen LogP contribution >= 0.6 is 0 Å². The van der Waals surface area contributed by atoms with Crippen molar-refractivity contribution >= 4 is 0 Å². The molecule has 0 heterocycles. The number of allylic oxidation sites excluding steroid dienone is 6. The number of hydrogen-bond acceptors (Lipinski definition) is 1. The van der Waals surface area contributed by atoms with E-state index < -0.39 is 0 Å². The predicted octanol–water partition coefficient (Wildman–Crippen LogP) is 5.96. The number of hydrogen-bond donors (Lipinski definition) is 1. The molecule has 0 radical (unpaired) electrons. The molecule has 21 heavy (non-hydrogen) atoms. The zero-order chi connectivity index (χ0) is 15.7. The Morgan fingerprint density at radius 3 is 2.10 bits per heavy atom. The van der Waals surface area contributed by atoms with E-state index in [1.807, 2.05) is 0 Å². The van der Waals surface area contributed by atoms with E-state index in [9.17, 15) is 5.11 Å². The van der Waals surface area contributed by atoms with E-state index in [1.54, 1.807) is 0 Å². The van der Waals surface area contributed by atoms with Crippen LogP contribution in [0.1, 0.15) is 79.1 Å². The molecule has 1 rings (SSSR count). The van der Waals surface area contributed by atoms with Crippen molar-refractivity contribution in [2.45, 2.75) is 85.2 Å². The fraction of sp³-hybridized carbons (Fsp3) is 0.700. The molecule has 1 fully saturated rings. The molecule has 0 aromatic carbocycles. The van der Waals surface area contributed by atoms with Gasteiger partial charge in [-0.3, -0.25) is 0 Å². The number of rotatable bonds is 8. The van der Waals surface area contributed by atoms with Crippen LogP contribution in [0, 0.1) is 5.92 Å². The first-order valence-electron chi connectivity index (χ1n) is 8.61. The molecular formula is C20H34O. The van der Waals surface area contributed by atoms with E-state index in [2.05, 4.69) is 45.9 Å². The zero-order valence-electron chi connectivity index (χ0n) is 14.5. The summed E-state index contributed by atoms with van der Waals surface area (Å²) in [5.74, 6) is 0.515. The van der Waals surface area contributed by atoms with Gasteiger partial charge in [0.1, 0.15) is 0 Å². The van der Waals surface area contributed by atoms with Crippen LogP contribution in [0.4, 0.5) is 0 Å². The highest BCUT2D eigenvalue weighted by Gasteiger charge is 2.23. The Kier molecular flexibility index (Phi) is 8.68. The molecule has 1 saturated carbocycles. The molecule has 0 aliphatic heterocycles. The zero-order valence-corrected chi connectivity index (χ0v) is 14.5. The standard InChI is InChI=1S/C20H34O/c1-16(2)8-5-9-17(3)10-6-11-18(4)14-15-19-12-7-13-20(19)21/h8,10,14,19-21H,5-7,9,11-13,15H2,1-4H3. The lowest BCUT2D eigenvalue weighted by molar-refractivity contribution is 0.134. The molecule has 120 valence electrons. The van der Waals surface area contributed by atoms with E-state index in [0.717, 1.165) is 25.7 Å². The molecule has 2 atom stereocenters. The third-order valence-corrected chi connectivity index (χ3v) is 4.51. The molecule has 1 heteroatoms. The highest BCUT2D eigenvalue weighted by molar-refractivity contribution is 5.06. The van der Waals surface area contributed by atoms with E-state index in [0.29, 0.717) is 5.92 Å². The molecule has 1 nitrogen and oxygen atoms in total. The third kappa shape index (κ3) is 8.26. The highest BCUT2D eigenvalue weighted by Crippen LogP contribution is 2.29. The average Bonchev–Trinajstić information content (AvgIpc) is 2.81. The molecule has 1 N–H and O–H groups in total. The van der Waals surface area contributed by atoms with Crippen molar-refractivity contribution in [2.24, 2.45) is 5.92 Å². The van der Waals surface area contributed by atoms with Crippen molar-refractivity contribution in [1.29, 1.82) is 0 Å². The van der Waals surface area contributed by atoms with Gasteiger partial charge in [-0.05, 0) is 78.6 Å². The summed E-state index contributed by atoms with van der Waals surface area (Å²) in [6, 6.07) is 0. The van der Waals surface area contributed by atoms with Crippen LogP contribution in [0.25, 0.3) is 0 Å². The van der Waals surface area contributed by atoms with Gasteiger partial charge >= 0.3 is 0 Å². The van der Waals surface area contributed by atoms with Crippen molar-refractivity contribution in [3.8, 4) is 0 Å². The summed E-state index contributed by atoms with van der Waals surface area (Å²) in [5.41, 5.74) is 4.39. The smallest absolute Gasteiger partial charge is 0.0571 e. The average molecular weight is 290 g/mol. The minimum Gasteiger partial charge on any atom is -0.393 e. The summed E-state index contributed by atoms with van der Waals surface area (Å²) < 4.78 is 0. The SMILES string of the molecule is CC(C)=CCCC(C)=CCCC(C)=CCC1CCCC1O. The van der Waals surface area contributed by atoms with Crippen molar-refractivity contribution < 1.29 is 5.11 Å². The lowest BCUT2D eigenvalue weighted by atomic mass is 9.99. The van der Waals surface area contributed by atoms with Gasteiger partial charge in [0.25, 0.3) is 0 Å². The number of aliphatic hydroxyl groups is 1. The normalized spacial score (nSPS) is 23.5. The van der Waals surface area contributed by atoms with Crippen LogP contribution in [-0.2, 0) is 0 Å². The van der Waals surface area contributed by atoms with Gasteiger partial charge in [-0.25, -0.2) is 0 Å². The number of aliphatic hydroxyl groups excluding tert-OH is 1. The molecule has 0 aromatic heterocycles. The molecule has 1 aliphatic carbocycles. The quantitative estimate of drug-likeness (QED) is 0.547. The van der Waals surface area contributed by atoms with Crippen molar-refractivity contribution in [1.82, 2.24) is 0 Å². The molecule has 1 aliphatic rings. The first kappa shape index (κ1) is 18.2. The summed E-state index contributed by atoms with van der Waals surface area (Å²) in [5, 5.41) is 9.83. The van der Waals surface area contributed by atoms with Gasteiger partial charge in [-0.1, -0.05) is 41.4 Å². The Balaban J connectivity index is 2.22. The summed E-state index contributed by atoms with van der Waals surface area (Å²) in [6.45, 7) is 8.80. The van der Waals surface area contributed by atoms with E-state index in [1.165, 1.54) is 42.4 Å². The van der Waals surface area contributed by atoms with E-state index in [-0.39, 0.29) is 6.10 Å². The molecule has 0 saturated heterocycles. The van der Waals surface area contributed by atoms with Crippen LogP contribution in [0.15, 0.2) is 34.9 Å². The monoisotopic (exact) mass is 290 g/mol. The second kappa shape index (κ2) is 10.00.